The summed E-state index contributed by atoms with van der Waals surface area (Å²) < 4.78 is 5.85. The third-order valence-electron chi connectivity index (χ3n) is 2.84. The second-order valence-electron chi connectivity index (χ2n) is 4.26. The molecule has 0 aliphatic heterocycles. The molecule has 86 valence electrons. The molecule has 1 aromatic rings. The Balaban J connectivity index is 2.06. The van der Waals surface area contributed by atoms with E-state index >= 15 is 0 Å². The van der Waals surface area contributed by atoms with Crippen molar-refractivity contribution in [1.82, 2.24) is 0 Å². The van der Waals surface area contributed by atoms with Crippen LogP contribution >= 0.6 is 0 Å². The van der Waals surface area contributed by atoms with E-state index in [1.165, 1.54) is 6.42 Å². The van der Waals surface area contributed by atoms with Crippen LogP contribution in [0, 0.1) is 0 Å². The van der Waals surface area contributed by atoms with Gasteiger partial charge in [-0.1, -0.05) is 18.2 Å². The minimum absolute atomic E-state index is 0.193. The Morgan fingerprint density at radius 1 is 1.44 bits per heavy atom. The summed E-state index contributed by atoms with van der Waals surface area (Å²) in [7, 11) is 0. The molecule has 2 atom stereocenters. The lowest BCUT2D eigenvalue weighted by Gasteiger charge is -2.19. The number of ether oxygens (including phenoxy) is 1. The Kier molecular flexibility index (Phi) is 3.62. The van der Waals surface area contributed by atoms with Gasteiger partial charge in [0.15, 0.2) is 0 Å². The summed E-state index contributed by atoms with van der Waals surface area (Å²) in [5, 5.41) is 9.48. The first kappa shape index (κ1) is 11.2. The van der Waals surface area contributed by atoms with E-state index in [0.717, 1.165) is 24.2 Å². The van der Waals surface area contributed by atoms with E-state index in [4.69, 9.17) is 4.74 Å². The zero-order valence-corrected chi connectivity index (χ0v) is 9.60. The summed E-state index contributed by atoms with van der Waals surface area (Å²) >= 11 is 0. The minimum atomic E-state index is -0.439. The Bertz CT molecular complexity index is 369. The molecule has 0 bridgehead atoms. The fraction of sp³-hybridized carbons (Fsp3) is 0.429. The molecule has 0 radical (unpaired) electrons. The lowest BCUT2D eigenvalue weighted by atomic mass is 10.1. The van der Waals surface area contributed by atoms with Gasteiger partial charge in [0.05, 0.1) is 6.10 Å². The molecule has 0 spiro atoms. The zero-order chi connectivity index (χ0) is 11.4. The van der Waals surface area contributed by atoms with Crippen LogP contribution in [-0.4, -0.2) is 11.2 Å². The molecule has 2 heteroatoms. The molecule has 0 amide bonds. The Morgan fingerprint density at radius 3 is 3.00 bits per heavy atom. The molecule has 1 N–H and O–H groups in total. The highest BCUT2D eigenvalue weighted by molar-refractivity contribution is 5.30. The third kappa shape index (κ3) is 2.86. The standard InChI is InChI=1S/C14H18O2/c1-11(15)12-6-5-9-14(10-12)16-13-7-3-2-4-8-13/h3,5-7,9-11,13,15H,2,4,8H2,1H3/t11-,13?/m0/s1. The molecule has 1 aromatic carbocycles. The smallest absolute Gasteiger partial charge is 0.120 e. The SMILES string of the molecule is C[C@H](O)c1cccc(OC2C=CCCC2)c1. The van der Waals surface area contributed by atoms with E-state index < -0.39 is 6.10 Å². The van der Waals surface area contributed by atoms with Crippen LogP contribution in [-0.2, 0) is 0 Å². The fourth-order valence-electron chi connectivity index (χ4n) is 1.90. The maximum absolute atomic E-state index is 9.48. The lowest BCUT2D eigenvalue weighted by Crippen LogP contribution is -2.15. The number of allylic oxidation sites excluding steroid dienone is 1. The molecule has 0 heterocycles. The number of benzene rings is 1. The molecule has 16 heavy (non-hydrogen) atoms. The summed E-state index contributed by atoms with van der Waals surface area (Å²) in [5.74, 6) is 0.843. The van der Waals surface area contributed by atoms with Gasteiger partial charge in [-0.2, -0.15) is 0 Å². The van der Waals surface area contributed by atoms with Crippen LogP contribution in [0.2, 0.25) is 0 Å². The third-order valence-corrected chi connectivity index (χ3v) is 2.84. The number of aliphatic hydroxyl groups is 1. The van der Waals surface area contributed by atoms with Crippen LogP contribution in [0.5, 0.6) is 5.75 Å². The molecular formula is C14H18O2. The topological polar surface area (TPSA) is 29.5 Å². The highest BCUT2D eigenvalue weighted by Crippen LogP contribution is 2.22. The Labute approximate surface area is 96.6 Å². The first-order valence-corrected chi connectivity index (χ1v) is 5.87. The molecule has 1 unspecified atom stereocenters. The normalized spacial score (nSPS) is 21.8. The molecule has 0 fully saturated rings. The maximum Gasteiger partial charge on any atom is 0.120 e. The summed E-state index contributed by atoms with van der Waals surface area (Å²) in [5.41, 5.74) is 0.900. The van der Waals surface area contributed by atoms with Gasteiger partial charge in [-0.25, -0.2) is 0 Å². The molecule has 0 aromatic heterocycles. The van der Waals surface area contributed by atoms with Gasteiger partial charge in [-0.15, -0.1) is 0 Å². The average molecular weight is 218 g/mol. The Hall–Kier alpha value is -1.28. The average Bonchev–Trinajstić information content (AvgIpc) is 2.30. The van der Waals surface area contributed by atoms with Crippen molar-refractivity contribution in [3.05, 3.63) is 42.0 Å². The number of hydrogen-bond acceptors (Lipinski definition) is 2. The van der Waals surface area contributed by atoms with Gasteiger partial charge in [0.2, 0.25) is 0 Å². The van der Waals surface area contributed by atoms with Gasteiger partial charge < -0.3 is 9.84 Å². The summed E-state index contributed by atoms with van der Waals surface area (Å²) in [4.78, 5) is 0. The lowest BCUT2D eigenvalue weighted by molar-refractivity contribution is 0.196. The van der Waals surface area contributed by atoms with Gasteiger partial charge in [0.1, 0.15) is 11.9 Å². The highest BCUT2D eigenvalue weighted by Gasteiger charge is 2.10. The number of rotatable bonds is 3. The van der Waals surface area contributed by atoms with Crippen molar-refractivity contribution in [2.24, 2.45) is 0 Å². The van der Waals surface area contributed by atoms with Crippen LogP contribution < -0.4 is 4.74 Å². The molecule has 2 rings (SSSR count). The van der Waals surface area contributed by atoms with Crippen molar-refractivity contribution in [2.45, 2.75) is 38.4 Å². The van der Waals surface area contributed by atoms with Crippen LogP contribution in [0.25, 0.3) is 0 Å². The van der Waals surface area contributed by atoms with Gasteiger partial charge in [-0.05, 0) is 50.0 Å². The largest absolute Gasteiger partial charge is 0.486 e. The van der Waals surface area contributed by atoms with Crippen LogP contribution in [0.1, 0.15) is 37.9 Å². The van der Waals surface area contributed by atoms with E-state index in [0.29, 0.717) is 0 Å². The van der Waals surface area contributed by atoms with E-state index in [2.05, 4.69) is 12.2 Å². The molecule has 1 aliphatic rings. The monoisotopic (exact) mass is 218 g/mol. The molecular weight excluding hydrogens is 200 g/mol. The van der Waals surface area contributed by atoms with Crippen molar-refractivity contribution in [1.29, 1.82) is 0 Å². The quantitative estimate of drug-likeness (QED) is 0.789. The fourth-order valence-corrected chi connectivity index (χ4v) is 1.90. The van der Waals surface area contributed by atoms with Crippen molar-refractivity contribution in [2.75, 3.05) is 0 Å². The van der Waals surface area contributed by atoms with E-state index in [9.17, 15) is 5.11 Å². The van der Waals surface area contributed by atoms with Gasteiger partial charge in [0.25, 0.3) is 0 Å². The first-order chi connectivity index (χ1) is 7.75. The second-order valence-corrected chi connectivity index (χ2v) is 4.26. The number of hydrogen-bond donors (Lipinski definition) is 1. The first-order valence-electron chi connectivity index (χ1n) is 5.87. The van der Waals surface area contributed by atoms with Crippen molar-refractivity contribution in [3.63, 3.8) is 0 Å². The molecule has 1 aliphatic carbocycles. The van der Waals surface area contributed by atoms with Gasteiger partial charge in [-0.3, -0.25) is 0 Å². The van der Waals surface area contributed by atoms with Gasteiger partial charge in [0, 0.05) is 0 Å². The van der Waals surface area contributed by atoms with E-state index in [-0.39, 0.29) is 6.10 Å². The predicted octanol–water partition coefficient (Wildman–Crippen LogP) is 3.23. The van der Waals surface area contributed by atoms with E-state index in [1.807, 2.05) is 24.3 Å². The maximum atomic E-state index is 9.48. The predicted molar refractivity (Wildman–Crippen MR) is 64.5 cm³/mol. The van der Waals surface area contributed by atoms with Gasteiger partial charge >= 0.3 is 0 Å². The minimum Gasteiger partial charge on any atom is -0.486 e. The molecule has 0 saturated heterocycles. The highest BCUT2D eigenvalue weighted by atomic mass is 16.5. The zero-order valence-electron chi connectivity index (χ0n) is 9.60. The summed E-state index contributed by atoms with van der Waals surface area (Å²) in [6.45, 7) is 1.76. The van der Waals surface area contributed by atoms with Crippen LogP contribution in [0.15, 0.2) is 36.4 Å². The van der Waals surface area contributed by atoms with Crippen molar-refractivity contribution < 1.29 is 9.84 Å². The second kappa shape index (κ2) is 5.17. The van der Waals surface area contributed by atoms with Crippen molar-refractivity contribution >= 4 is 0 Å². The molecule has 0 saturated carbocycles. The molecule has 2 nitrogen and oxygen atoms in total. The van der Waals surface area contributed by atoms with E-state index in [1.54, 1.807) is 6.92 Å². The van der Waals surface area contributed by atoms with Crippen LogP contribution in [0.3, 0.4) is 0 Å². The van der Waals surface area contributed by atoms with Crippen molar-refractivity contribution in [3.8, 4) is 5.75 Å². The summed E-state index contributed by atoms with van der Waals surface area (Å²) in [6, 6.07) is 7.68. The van der Waals surface area contributed by atoms with Crippen LogP contribution in [0.4, 0.5) is 0 Å². The summed E-state index contributed by atoms with van der Waals surface area (Å²) in [6.07, 6.45) is 7.48. The Morgan fingerprint density at radius 2 is 2.31 bits per heavy atom. The number of aliphatic hydroxyl groups excluding tert-OH is 1.